The summed E-state index contributed by atoms with van der Waals surface area (Å²) in [4.78, 5) is 12.7. The molecule has 1 atom stereocenters. The SMILES string of the molecule is CCCOc1cn(-c2ccccc2)nc1C(=O)NC(CN)C1CC1.Cl. The fourth-order valence-corrected chi connectivity index (χ4v) is 2.65. The minimum absolute atomic E-state index is 0. The molecule has 6 nitrogen and oxygen atoms in total. The van der Waals surface area contributed by atoms with Crippen molar-refractivity contribution < 1.29 is 9.53 Å². The highest BCUT2D eigenvalue weighted by Gasteiger charge is 2.32. The molecular weight excluding hydrogens is 340 g/mol. The molecule has 7 heteroatoms. The number of ether oxygens (including phenoxy) is 1. The molecule has 3 rings (SSSR count). The average Bonchev–Trinajstić information content (AvgIpc) is 3.37. The maximum Gasteiger partial charge on any atom is 0.275 e. The summed E-state index contributed by atoms with van der Waals surface area (Å²) in [6, 6.07) is 9.69. The van der Waals surface area contributed by atoms with E-state index in [9.17, 15) is 4.79 Å². The van der Waals surface area contributed by atoms with Crippen molar-refractivity contribution in [2.75, 3.05) is 13.2 Å². The van der Waals surface area contributed by atoms with E-state index in [4.69, 9.17) is 10.5 Å². The zero-order valence-electron chi connectivity index (χ0n) is 14.4. The van der Waals surface area contributed by atoms with E-state index in [1.165, 1.54) is 0 Å². The summed E-state index contributed by atoms with van der Waals surface area (Å²) in [5, 5.41) is 7.45. The van der Waals surface area contributed by atoms with Gasteiger partial charge >= 0.3 is 0 Å². The molecule has 0 bridgehead atoms. The first-order valence-corrected chi connectivity index (χ1v) is 8.51. The van der Waals surface area contributed by atoms with Gasteiger partial charge in [0, 0.05) is 12.6 Å². The van der Waals surface area contributed by atoms with Crippen molar-refractivity contribution >= 4 is 18.3 Å². The first-order chi connectivity index (χ1) is 11.7. The lowest BCUT2D eigenvalue weighted by Crippen LogP contribution is -2.42. The van der Waals surface area contributed by atoms with Crippen molar-refractivity contribution in [1.82, 2.24) is 15.1 Å². The van der Waals surface area contributed by atoms with E-state index in [0.717, 1.165) is 24.9 Å². The summed E-state index contributed by atoms with van der Waals surface area (Å²) in [6.07, 6.45) is 4.87. The van der Waals surface area contributed by atoms with E-state index in [1.54, 1.807) is 10.9 Å². The highest BCUT2D eigenvalue weighted by Crippen LogP contribution is 2.32. The Bertz CT molecular complexity index is 686. The number of nitrogens with zero attached hydrogens (tertiary/aromatic N) is 2. The highest BCUT2D eigenvalue weighted by molar-refractivity contribution is 5.95. The van der Waals surface area contributed by atoms with Gasteiger partial charge in [-0.2, -0.15) is 5.10 Å². The number of halogens is 1. The van der Waals surface area contributed by atoms with E-state index < -0.39 is 0 Å². The summed E-state index contributed by atoms with van der Waals surface area (Å²) in [5.41, 5.74) is 6.98. The lowest BCUT2D eigenvalue weighted by atomic mass is 10.2. The third kappa shape index (κ3) is 4.74. The number of para-hydroxylation sites is 1. The van der Waals surface area contributed by atoms with Gasteiger partial charge < -0.3 is 15.8 Å². The lowest BCUT2D eigenvalue weighted by molar-refractivity contribution is 0.0924. The molecule has 25 heavy (non-hydrogen) atoms. The van der Waals surface area contributed by atoms with Crippen molar-refractivity contribution in [3.05, 3.63) is 42.2 Å². The number of hydrogen-bond donors (Lipinski definition) is 2. The van der Waals surface area contributed by atoms with Crippen LogP contribution in [0.1, 0.15) is 36.7 Å². The second-order valence-electron chi connectivity index (χ2n) is 6.12. The summed E-state index contributed by atoms with van der Waals surface area (Å²) >= 11 is 0. The Morgan fingerprint density at radius 1 is 1.40 bits per heavy atom. The van der Waals surface area contributed by atoms with E-state index in [1.807, 2.05) is 37.3 Å². The molecule has 0 aliphatic heterocycles. The van der Waals surface area contributed by atoms with Gasteiger partial charge in [-0.3, -0.25) is 4.79 Å². The number of nitrogens with one attached hydrogen (secondary N) is 1. The first-order valence-electron chi connectivity index (χ1n) is 8.51. The van der Waals surface area contributed by atoms with Crippen LogP contribution in [0.4, 0.5) is 0 Å². The average molecular weight is 365 g/mol. The molecule has 1 amide bonds. The fourth-order valence-electron chi connectivity index (χ4n) is 2.65. The number of carbonyl (C=O) groups excluding carboxylic acids is 1. The van der Waals surface area contributed by atoms with Crippen LogP contribution in [0.25, 0.3) is 5.69 Å². The van der Waals surface area contributed by atoms with Gasteiger partial charge in [0.25, 0.3) is 5.91 Å². The Morgan fingerprint density at radius 3 is 2.72 bits per heavy atom. The minimum Gasteiger partial charge on any atom is -0.489 e. The van der Waals surface area contributed by atoms with E-state index in [0.29, 0.717) is 30.5 Å². The zero-order chi connectivity index (χ0) is 16.9. The maximum atomic E-state index is 12.7. The van der Waals surface area contributed by atoms with E-state index in [2.05, 4.69) is 10.4 Å². The number of rotatable bonds is 8. The standard InChI is InChI=1S/C18H24N4O2.ClH/c1-2-10-24-16-12-22(14-6-4-3-5-7-14)21-17(16)18(23)20-15(11-19)13-8-9-13;/h3-7,12-13,15H,2,8-11,19H2,1H3,(H,20,23);1H. The molecule has 1 aliphatic rings. The largest absolute Gasteiger partial charge is 0.489 e. The Morgan fingerprint density at radius 2 is 2.12 bits per heavy atom. The monoisotopic (exact) mass is 364 g/mol. The van der Waals surface area contributed by atoms with Gasteiger partial charge in [-0.15, -0.1) is 12.4 Å². The molecule has 3 N–H and O–H groups in total. The topological polar surface area (TPSA) is 82.2 Å². The molecule has 0 spiro atoms. The summed E-state index contributed by atoms with van der Waals surface area (Å²) in [6.45, 7) is 3.02. The van der Waals surface area contributed by atoms with Crippen LogP contribution < -0.4 is 15.8 Å². The zero-order valence-corrected chi connectivity index (χ0v) is 15.2. The van der Waals surface area contributed by atoms with E-state index in [-0.39, 0.29) is 24.4 Å². The van der Waals surface area contributed by atoms with E-state index >= 15 is 0 Å². The minimum atomic E-state index is -0.224. The Hall–Kier alpha value is -2.05. The third-order valence-corrected chi connectivity index (χ3v) is 4.14. The van der Waals surface area contributed by atoms with Crippen LogP contribution in [0.15, 0.2) is 36.5 Å². The van der Waals surface area contributed by atoms with Crippen molar-refractivity contribution in [1.29, 1.82) is 0 Å². The predicted octanol–water partition coefficient (Wildman–Crippen LogP) is 2.55. The van der Waals surface area contributed by atoms with Crippen LogP contribution in [0.5, 0.6) is 5.75 Å². The fraction of sp³-hybridized carbons (Fsp3) is 0.444. The quantitative estimate of drug-likeness (QED) is 0.754. The molecule has 2 aromatic rings. The Kier molecular flexibility index (Phi) is 6.84. The molecule has 1 fully saturated rings. The van der Waals surface area contributed by atoms with Gasteiger partial charge in [0.1, 0.15) is 0 Å². The molecule has 1 saturated carbocycles. The number of benzene rings is 1. The Labute approximate surface area is 154 Å². The summed E-state index contributed by atoms with van der Waals surface area (Å²) in [7, 11) is 0. The van der Waals surface area contributed by atoms with Crippen LogP contribution in [0.2, 0.25) is 0 Å². The molecule has 0 radical (unpaired) electrons. The Balaban J connectivity index is 0.00000225. The van der Waals surface area contributed by atoms with Crippen molar-refractivity contribution in [2.24, 2.45) is 11.7 Å². The van der Waals surface area contributed by atoms with Gasteiger partial charge in [0.05, 0.1) is 18.5 Å². The number of aromatic nitrogens is 2. The molecule has 1 aliphatic carbocycles. The lowest BCUT2D eigenvalue weighted by Gasteiger charge is -2.15. The van der Waals surface area contributed by atoms with Crippen molar-refractivity contribution in [3.63, 3.8) is 0 Å². The maximum absolute atomic E-state index is 12.7. The molecule has 1 heterocycles. The van der Waals surface area contributed by atoms with Crippen LogP contribution in [0, 0.1) is 5.92 Å². The van der Waals surface area contributed by atoms with Gasteiger partial charge in [0.2, 0.25) is 0 Å². The molecular formula is C18H25ClN4O2. The van der Waals surface area contributed by atoms with Crippen molar-refractivity contribution in [2.45, 2.75) is 32.2 Å². The predicted molar refractivity (Wildman–Crippen MR) is 99.6 cm³/mol. The molecule has 1 unspecified atom stereocenters. The number of nitrogens with two attached hydrogens (primary N) is 1. The van der Waals surface area contributed by atoms with Gasteiger partial charge in [-0.1, -0.05) is 25.1 Å². The number of hydrogen-bond acceptors (Lipinski definition) is 4. The van der Waals surface area contributed by atoms with Crippen LogP contribution in [-0.4, -0.2) is 34.9 Å². The van der Waals surface area contributed by atoms with Gasteiger partial charge in [-0.05, 0) is 37.3 Å². The molecule has 0 saturated heterocycles. The second-order valence-corrected chi connectivity index (χ2v) is 6.12. The van der Waals surface area contributed by atoms with Crippen LogP contribution in [-0.2, 0) is 0 Å². The van der Waals surface area contributed by atoms with Gasteiger partial charge in [0.15, 0.2) is 11.4 Å². The van der Waals surface area contributed by atoms with Gasteiger partial charge in [-0.25, -0.2) is 4.68 Å². The molecule has 1 aromatic heterocycles. The smallest absolute Gasteiger partial charge is 0.275 e. The highest BCUT2D eigenvalue weighted by atomic mass is 35.5. The summed E-state index contributed by atoms with van der Waals surface area (Å²) < 4.78 is 7.40. The van der Waals surface area contributed by atoms with Crippen molar-refractivity contribution in [3.8, 4) is 11.4 Å². The number of amides is 1. The summed E-state index contributed by atoms with van der Waals surface area (Å²) in [5.74, 6) is 0.776. The molecule has 1 aromatic carbocycles. The first kappa shape index (κ1) is 19.3. The number of carbonyl (C=O) groups is 1. The normalized spacial score (nSPS) is 14.5. The van der Waals surface area contributed by atoms with Crippen LogP contribution >= 0.6 is 12.4 Å². The third-order valence-electron chi connectivity index (χ3n) is 4.14. The van der Waals surface area contributed by atoms with Crippen LogP contribution in [0.3, 0.4) is 0 Å². The molecule has 136 valence electrons. The second kappa shape index (κ2) is 8.87.